The van der Waals surface area contributed by atoms with Crippen molar-refractivity contribution < 1.29 is 14.3 Å². The summed E-state index contributed by atoms with van der Waals surface area (Å²) in [5.41, 5.74) is 2.15. The molecule has 5 heteroatoms. The Kier molecular flexibility index (Phi) is 3.79. The molecule has 1 aliphatic carbocycles. The third-order valence-corrected chi connectivity index (χ3v) is 5.51. The fourth-order valence-electron chi connectivity index (χ4n) is 4.17. The molecule has 1 aliphatic heterocycles. The van der Waals surface area contributed by atoms with E-state index in [9.17, 15) is 9.59 Å². The zero-order chi connectivity index (χ0) is 16.7. The lowest BCUT2D eigenvalue weighted by Crippen LogP contribution is -2.33. The molecular weight excluding hydrogens is 304 g/mol. The molecule has 1 saturated carbocycles. The number of carbonyl (C=O) groups excluding carboxylic acids is 2. The maximum absolute atomic E-state index is 12.6. The molecule has 5 nitrogen and oxygen atoms in total. The van der Waals surface area contributed by atoms with Gasteiger partial charge in [-0.2, -0.15) is 0 Å². The Morgan fingerprint density at radius 2 is 1.88 bits per heavy atom. The fourth-order valence-corrected chi connectivity index (χ4v) is 4.17. The number of aromatic amines is 1. The number of hydrogen-bond acceptors (Lipinski definition) is 3. The van der Waals surface area contributed by atoms with Crippen molar-refractivity contribution in [3.05, 3.63) is 30.0 Å². The lowest BCUT2D eigenvalue weighted by Gasteiger charge is -2.19. The topological polar surface area (TPSA) is 62.4 Å². The first kappa shape index (κ1) is 15.2. The number of carbonyl (C=O) groups is 2. The van der Waals surface area contributed by atoms with E-state index >= 15 is 0 Å². The molecular formula is C19H22N2O3. The van der Waals surface area contributed by atoms with Gasteiger partial charge in [0.2, 0.25) is 11.8 Å². The molecule has 2 aliphatic rings. The molecule has 126 valence electrons. The summed E-state index contributed by atoms with van der Waals surface area (Å²) in [6.45, 7) is 0.467. The van der Waals surface area contributed by atoms with E-state index in [0.717, 1.165) is 47.9 Å². The second kappa shape index (κ2) is 5.96. The number of likely N-dealkylation sites (tertiary alicyclic amines) is 1. The zero-order valence-electron chi connectivity index (χ0n) is 13.9. The smallest absolute Gasteiger partial charge is 0.233 e. The zero-order valence-corrected chi connectivity index (χ0v) is 13.9. The number of nitrogens with zero attached hydrogens (tertiary/aromatic N) is 1. The van der Waals surface area contributed by atoms with Crippen molar-refractivity contribution in [2.24, 2.45) is 11.8 Å². The highest BCUT2D eigenvalue weighted by Gasteiger charge is 2.47. The molecule has 2 atom stereocenters. The maximum Gasteiger partial charge on any atom is 0.233 e. The van der Waals surface area contributed by atoms with E-state index in [0.29, 0.717) is 13.0 Å². The van der Waals surface area contributed by atoms with E-state index in [1.165, 1.54) is 4.90 Å². The van der Waals surface area contributed by atoms with Crippen molar-refractivity contribution in [1.82, 2.24) is 9.88 Å². The highest BCUT2D eigenvalue weighted by Crippen LogP contribution is 2.38. The van der Waals surface area contributed by atoms with Gasteiger partial charge in [0.1, 0.15) is 5.75 Å². The molecule has 4 rings (SSSR count). The SMILES string of the molecule is COc1ccc2[nH]cc(CCN3C(=O)[C@@H]4CCCC[C@H]4C3=O)c2c1. The number of hydrogen-bond donors (Lipinski definition) is 1. The average Bonchev–Trinajstić information content (AvgIpc) is 3.13. The number of fused-ring (bicyclic) bond motifs is 2. The lowest BCUT2D eigenvalue weighted by molar-refractivity contribution is -0.139. The fraction of sp³-hybridized carbons (Fsp3) is 0.474. The normalized spacial score (nSPS) is 23.8. The van der Waals surface area contributed by atoms with Crippen LogP contribution in [0.15, 0.2) is 24.4 Å². The second-order valence-electron chi connectivity index (χ2n) is 6.80. The summed E-state index contributed by atoms with van der Waals surface area (Å²) in [7, 11) is 1.65. The van der Waals surface area contributed by atoms with Crippen LogP contribution in [0.5, 0.6) is 5.75 Å². The summed E-state index contributed by atoms with van der Waals surface area (Å²) in [6.07, 6.45) is 6.50. The number of ether oxygens (including phenoxy) is 1. The van der Waals surface area contributed by atoms with Crippen LogP contribution in [-0.2, 0) is 16.0 Å². The molecule has 2 fully saturated rings. The van der Waals surface area contributed by atoms with Gasteiger partial charge in [0.25, 0.3) is 0 Å². The van der Waals surface area contributed by atoms with Gasteiger partial charge in [0, 0.05) is 23.6 Å². The van der Waals surface area contributed by atoms with E-state index in [2.05, 4.69) is 4.98 Å². The summed E-state index contributed by atoms with van der Waals surface area (Å²) in [5.74, 6) is 0.774. The predicted octanol–water partition coefficient (Wildman–Crippen LogP) is 2.89. The van der Waals surface area contributed by atoms with Gasteiger partial charge in [0.15, 0.2) is 0 Å². The second-order valence-corrected chi connectivity index (χ2v) is 6.80. The minimum Gasteiger partial charge on any atom is -0.497 e. The summed E-state index contributed by atoms with van der Waals surface area (Å²) < 4.78 is 5.29. The van der Waals surface area contributed by atoms with Crippen LogP contribution in [0.1, 0.15) is 31.2 Å². The van der Waals surface area contributed by atoms with Gasteiger partial charge in [-0.3, -0.25) is 14.5 Å². The minimum absolute atomic E-state index is 0.0436. The quantitative estimate of drug-likeness (QED) is 0.879. The predicted molar refractivity (Wildman–Crippen MR) is 90.7 cm³/mol. The first-order valence-electron chi connectivity index (χ1n) is 8.68. The van der Waals surface area contributed by atoms with Crippen molar-refractivity contribution in [2.75, 3.05) is 13.7 Å². The number of H-pyrrole nitrogens is 1. The van der Waals surface area contributed by atoms with E-state index in [-0.39, 0.29) is 23.7 Å². The molecule has 1 aromatic heterocycles. The molecule has 2 heterocycles. The molecule has 0 radical (unpaired) electrons. The van der Waals surface area contributed by atoms with Crippen molar-refractivity contribution in [3.63, 3.8) is 0 Å². The van der Waals surface area contributed by atoms with Crippen molar-refractivity contribution in [1.29, 1.82) is 0 Å². The molecule has 0 unspecified atom stereocenters. The summed E-state index contributed by atoms with van der Waals surface area (Å²) in [4.78, 5) is 29.8. The van der Waals surface area contributed by atoms with Gasteiger partial charge in [-0.1, -0.05) is 12.8 Å². The van der Waals surface area contributed by atoms with Gasteiger partial charge in [-0.05, 0) is 43.0 Å². The van der Waals surface area contributed by atoms with Crippen LogP contribution in [0.25, 0.3) is 10.9 Å². The third kappa shape index (κ3) is 2.39. The van der Waals surface area contributed by atoms with Gasteiger partial charge in [0.05, 0.1) is 18.9 Å². The van der Waals surface area contributed by atoms with Crippen LogP contribution < -0.4 is 4.74 Å². The van der Waals surface area contributed by atoms with E-state index < -0.39 is 0 Å². The van der Waals surface area contributed by atoms with Crippen LogP contribution in [0.4, 0.5) is 0 Å². The van der Waals surface area contributed by atoms with E-state index in [1.807, 2.05) is 24.4 Å². The van der Waals surface area contributed by atoms with Gasteiger partial charge >= 0.3 is 0 Å². The van der Waals surface area contributed by atoms with Crippen molar-refractivity contribution in [2.45, 2.75) is 32.1 Å². The standard InChI is InChI=1S/C19H22N2O3/c1-24-13-6-7-17-16(10-13)12(11-20-17)8-9-21-18(22)14-4-2-3-5-15(14)19(21)23/h6-7,10-11,14-15,20H,2-5,8-9H2,1H3/t14-,15-/m1/s1. The Morgan fingerprint density at radius 3 is 2.54 bits per heavy atom. The number of aromatic nitrogens is 1. The Morgan fingerprint density at radius 1 is 1.17 bits per heavy atom. The van der Waals surface area contributed by atoms with Crippen LogP contribution in [-0.4, -0.2) is 35.4 Å². The minimum atomic E-state index is -0.0608. The summed E-state index contributed by atoms with van der Waals surface area (Å²) in [5, 5.41) is 1.09. The number of nitrogens with one attached hydrogen (secondary N) is 1. The Balaban J connectivity index is 1.52. The molecule has 1 N–H and O–H groups in total. The first-order chi connectivity index (χ1) is 11.7. The van der Waals surface area contributed by atoms with Crippen LogP contribution in [0.2, 0.25) is 0 Å². The maximum atomic E-state index is 12.6. The van der Waals surface area contributed by atoms with Crippen LogP contribution in [0, 0.1) is 11.8 Å². The van der Waals surface area contributed by atoms with Gasteiger partial charge < -0.3 is 9.72 Å². The molecule has 2 aromatic rings. The van der Waals surface area contributed by atoms with Crippen molar-refractivity contribution in [3.8, 4) is 5.75 Å². The molecule has 1 aromatic carbocycles. The monoisotopic (exact) mass is 326 g/mol. The summed E-state index contributed by atoms with van der Waals surface area (Å²) in [6, 6.07) is 5.90. The number of benzene rings is 1. The van der Waals surface area contributed by atoms with E-state index in [1.54, 1.807) is 7.11 Å². The average molecular weight is 326 g/mol. The highest BCUT2D eigenvalue weighted by atomic mass is 16.5. The van der Waals surface area contributed by atoms with Gasteiger partial charge in [-0.25, -0.2) is 0 Å². The Bertz CT molecular complexity index is 771. The van der Waals surface area contributed by atoms with E-state index in [4.69, 9.17) is 4.74 Å². The van der Waals surface area contributed by atoms with Gasteiger partial charge in [-0.15, -0.1) is 0 Å². The first-order valence-corrected chi connectivity index (χ1v) is 8.68. The Hall–Kier alpha value is -2.30. The van der Waals surface area contributed by atoms with Crippen LogP contribution >= 0.6 is 0 Å². The number of imide groups is 1. The van der Waals surface area contributed by atoms with Crippen molar-refractivity contribution >= 4 is 22.7 Å². The lowest BCUT2D eigenvalue weighted by atomic mass is 9.81. The molecule has 24 heavy (non-hydrogen) atoms. The molecule has 1 saturated heterocycles. The molecule has 0 spiro atoms. The van der Waals surface area contributed by atoms with Crippen LogP contribution in [0.3, 0.4) is 0 Å². The Labute approximate surface area is 141 Å². The third-order valence-electron chi connectivity index (χ3n) is 5.51. The number of amides is 2. The summed E-state index contributed by atoms with van der Waals surface area (Å²) >= 11 is 0. The molecule has 0 bridgehead atoms. The number of rotatable bonds is 4. The highest BCUT2D eigenvalue weighted by molar-refractivity contribution is 6.05. The largest absolute Gasteiger partial charge is 0.497 e. The number of methoxy groups -OCH3 is 1. The molecule has 2 amide bonds.